The van der Waals surface area contributed by atoms with Gasteiger partial charge >= 0.3 is 0 Å². The fourth-order valence-electron chi connectivity index (χ4n) is 1.70. The van der Waals surface area contributed by atoms with Crippen LogP contribution in [0.2, 0.25) is 0 Å². The number of halogens is 1. The number of aromatic nitrogens is 1. The molecule has 7 nitrogen and oxygen atoms in total. The standard InChI is InChI=1S/C14H11IN4O3S/c1-8-11(15)5-6-12(16-8)17-14(23)18-13(20)9-3-2-4-10(7-9)19(21)22/h2-7H,1H3,(H2,16,17,18,20,23). The number of nitrogens with one attached hydrogen (secondary N) is 2. The van der Waals surface area contributed by atoms with Crippen LogP contribution in [0.4, 0.5) is 11.5 Å². The minimum Gasteiger partial charge on any atom is -0.317 e. The molecule has 1 aromatic heterocycles. The Bertz CT molecular complexity index is 797. The van der Waals surface area contributed by atoms with Gasteiger partial charge in [0.25, 0.3) is 11.6 Å². The number of thiocarbonyl (C=S) groups is 1. The van der Waals surface area contributed by atoms with Crippen molar-refractivity contribution >= 4 is 57.3 Å². The lowest BCUT2D eigenvalue weighted by Gasteiger charge is -2.10. The first-order valence-corrected chi connectivity index (χ1v) is 7.85. The summed E-state index contributed by atoms with van der Waals surface area (Å²) < 4.78 is 1.01. The summed E-state index contributed by atoms with van der Waals surface area (Å²) >= 11 is 7.22. The van der Waals surface area contributed by atoms with Crippen molar-refractivity contribution in [1.29, 1.82) is 0 Å². The number of rotatable bonds is 3. The molecule has 0 bridgehead atoms. The molecule has 2 N–H and O–H groups in total. The summed E-state index contributed by atoms with van der Waals surface area (Å²) in [6, 6.07) is 9.01. The van der Waals surface area contributed by atoms with Gasteiger partial charge in [0.2, 0.25) is 0 Å². The molecule has 23 heavy (non-hydrogen) atoms. The van der Waals surface area contributed by atoms with Crippen LogP contribution in [-0.2, 0) is 0 Å². The number of aryl methyl sites for hydroxylation is 1. The maximum absolute atomic E-state index is 12.1. The second-order valence-corrected chi connectivity index (χ2v) is 6.05. The molecule has 0 aliphatic carbocycles. The van der Waals surface area contributed by atoms with Gasteiger partial charge in [0.15, 0.2) is 5.11 Å². The van der Waals surface area contributed by atoms with E-state index in [1.165, 1.54) is 24.3 Å². The van der Waals surface area contributed by atoms with Crippen molar-refractivity contribution < 1.29 is 9.72 Å². The molecule has 2 rings (SSSR count). The van der Waals surface area contributed by atoms with Crippen molar-refractivity contribution in [3.63, 3.8) is 0 Å². The number of hydrogen-bond donors (Lipinski definition) is 2. The lowest BCUT2D eigenvalue weighted by Crippen LogP contribution is -2.34. The predicted molar refractivity (Wildman–Crippen MR) is 98.5 cm³/mol. The van der Waals surface area contributed by atoms with Gasteiger partial charge < -0.3 is 5.32 Å². The average molecular weight is 442 g/mol. The highest BCUT2D eigenvalue weighted by atomic mass is 127. The zero-order valence-electron chi connectivity index (χ0n) is 11.9. The van der Waals surface area contributed by atoms with Crippen LogP contribution in [0.15, 0.2) is 36.4 Å². The molecule has 0 aliphatic rings. The molecular weight excluding hydrogens is 431 g/mol. The van der Waals surface area contributed by atoms with Crippen molar-refractivity contribution in [3.8, 4) is 0 Å². The Morgan fingerprint density at radius 1 is 1.35 bits per heavy atom. The van der Waals surface area contributed by atoms with Gasteiger partial charge in [-0.25, -0.2) is 4.98 Å². The van der Waals surface area contributed by atoms with Gasteiger partial charge in [-0.15, -0.1) is 0 Å². The van der Waals surface area contributed by atoms with Gasteiger partial charge in [-0.05, 0) is 59.9 Å². The predicted octanol–water partition coefficient (Wildman–Crippen LogP) is 3.03. The quantitative estimate of drug-likeness (QED) is 0.328. The largest absolute Gasteiger partial charge is 0.317 e. The summed E-state index contributed by atoms with van der Waals surface area (Å²) in [7, 11) is 0. The summed E-state index contributed by atoms with van der Waals surface area (Å²) in [5, 5.41) is 16.1. The molecule has 1 heterocycles. The monoisotopic (exact) mass is 442 g/mol. The third-order valence-corrected chi connectivity index (χ3v) is 4.15. The Morgan fingerprint density at radius 2 is 2.09 bits per heavy atom. The number of anilines is 1. The van der Waals surface area contributed by atoms with Crippen molar-refractivity contribution in [2.24, 2.45) is 0 Å². The highest BCUT2D eigenvalue weighted by molar-refractivity contribution is 14.1. The van der Waals surface area contributed by atoms with Gasteiger partial charge in [-0.1, -0.05) is 6.07 Å². The second-order valence-electron chi connectivity index (χ2n) is 4.48. The van der Waals surface area contributed by atoms with Crippen LogP contribution in [0.5, 0.6) is 0 Å². The normalized spacial score (nSPS) is 10.0. The van der Waals surface area contributed by atoms with Crippen LogP contribution < -0.4 is 10.6 Å². The van der Waals surface area contributed by atoms with Crippen LogP contribution in [0.25, 0.3) is 0 Å². The number of nitro benzene ring substituents is 1. The molecule has 0 spiro atoms. The molecule has 9 heteroatoms. The van der Waals surface area contributed by atoms with E-state index >= 15 is 0 Å². The first kappa shape index (κ1) is 17.2. The first-order chi connectivity index (χ1) is 10.9. The summed E-state index contributed by atoms with van der Waals surface area (Å²) in [4.78, 5) is 26.5. The molecule has 0 aliphatic heterocycles. The van der Waals surface area contributed by atoms with Crippen LogP contribution in [0.3, 0.4) is 0 Å². The summed E-state index contributed by atoms with van der Waals surface area (Å²) in [6.45, 7) is 1.86. The summed E-state index contributed by atoms with van der Waals surface area (Å²) in [5.74, 6) is -0.0271. The van der Waals surface area contributed by atoms with Crippen molar-refractivity contribution in [2.75, 3.05) is 5.32 Å². The van der Waals surface area contributed by atoms with Crippen LogP contribution in [0, 0.1) is 20.6 Å². The molecule has 0 saturated carbocycles. The molecule has 0 atom stereocenters. The highest BCUT2D eigenvalue weighted by Crippen LogP contribution is 2.14. The lowest BCUT2D eigenvalue weighted by molar-refractivity contribution is -0.384. The fourth-order valence-corrected chi connectivity index (χ4v) is 2.19. The fraction of sp³-hybridized carbons (Fsp3) is 0.0714. The number of hydrogen-bond acceptors (Lipinski definition) is 5. The highest BCUT2D eigenvalue weighted by Gasteiger charge is 2.13. The van der Waals surface area contributed by atoms with Gasteiger partial charge in [-0.2, -0.15) is 0 Å². The van der Waals surface area contributed by atoms with E-state index in [1.807, 2.05) is 13.0 Å². The minimum absolute atomic E-state index is 0.0645. The van der Waals surface area contributed by atoms with E-state index in [9.17, 15) is 14.9 Å². The summed E-state index contributed by atoms with van der Waals surface area (Å²) in [5.41, 5.74) is 0.824. The Kier molecular flexibility index (Phi) is 5.55. The van der Waals surface area contributed by atoms with Gasteiger partial charge in [-0.3, -0.25) is 20.2 Å². The zero-order valence-corrected chi connectivity index (χ0v) is 14.8. The maximum atomic E-state index is 12.1. The number of amides is 1. The number of benzene rings is 1. The number of non-ortho nitro benzene ring substituents is 1. The number of pyridine rings is 1. The molecule has 0 saturated heterocycles. The summed E-state index contributed by atoms with van der Waals surface area (Å²) in [6.07, 6.45) is 0. The Hall–Kier alpha value is -2.14. The number of carbonyl (C=O) groups is 1. The van der Waals surface area contributed by atoms with Crippen molar-refractivity contribution in [3.05, 3.63) is 61.3 Å². The Morgan fingerprint density at radius 3 is 2.74 bits per heavy atom. The number of nitrogens with zero attached hydrogens (tertiary/aromatic N) is 2. The van der Waals surface area contributed by atoms with Crippen LogP contribution >= 0.6 is 34.8 Å². The zero-order chi connectivity index (χ0) is 17.0. The van der Waals surface area contributed by atoms with Crippen LogP contribution in [0.1, 0.15) is 16.1 Å². The molecule has 1 amide bonds. The minimum atomic E-state index is -0.564. The topological polar surface area (TPSA) is 97.2 Å². The first-order valence-electron chi connectivity index (χ1n) is 6.37. The SMILES string of the molecule is Cc1nc(NC(=S)NC(=O)c2cccc([N+](=O)[O-])c2)ccc1I. The molecular formula is C14H11IN4O3S. The number of nitro groups is 1. The van der Waals surface area contributed by atoms with Gasteiger partial charge in [0.05, 0.1) is 10.6 Å². The van der Waals surface area contributed by atoms with E-state index in [4.69, 9.17) is 12.2 Å². The van der Waals surface area contributed by atoms with Crippen molar-refractivity contribution in [1.82, 2.24) is 10.3 Å². The molecule has 0 fully saturated rings. The van der Waals surface area contributed by atoms with Gasteiger partial charge in [0.1, 0.15) is 5.82 Å². The molecule has 118 valence electrons. The lowest BCUT2D eigenvalue weighted by atomic mass is 10.2. The van der Waals surface area contributed by atoms with Crippen molar-refractivity contribution in [2.45, 2.75) is 6.92 Å². The van der Waals surface area contributed by atoms with E-state index in [2.05, 4.69) is 38.2 Å². The van der Waals surface area contributed by atoms with E-state index in [0.717, 1.165) is 9.26 Å². The molecule has 0 unspecified atom stereocenters. The van der Waals surface area contributed by atoms with E-state index < -0.39 is 10.8 Å². The Balaban J connectivity index is 2.04. The maximum Gasteiger partial charge on any atom is 0.270 e. The Labute approximate surface area is 150 Å². The van der Waals surface area contributed by atoms with E-state index in [0.29, 0.717) is 5.82 Å². The number of carbonyl (C=O) groups excluding carboxylic acids is 1. The van der Waals surface area contributed by atoms with Gasteiger partial charge in [0, 0.05) is 21.3 Å². The van der Waals surface area contributed by atoms with Crippen LogP contribution in [-0.4, -0.2) is 20.9 Å². The van der Waals surface area contributed by atoms with E-state index in [1.54, 1.807) is 6.07 Å². The third-order valence-electron chi connectivity index (χ3n) is 2.81. The second kappa shape index (κ2) is 7.42. The molecule has 0 radical (unpaired) electrons. The molecule has 2 aromatic rings. The molecule has 1 aromatic carbocycles. The smallest absolute Gasteiger partial charge is 0.270 e. The average Bonchev–Trinajstić information content (AvgIpc) is 2.51. The third kappa shape index (κ3) is 4.66. The van der Waals surface area contributed by atoms with E-state index in [-0.39, 0.29) is 16.4 Å².